The highest BCUT2D eigenvalue weighted by Crippen LogP contribution is 2.35. The Balaban J connectivity index is 2.31. The number of ether oxygens (including phenoxy) is 2. The van der Waals surface area contributed by atoms with Gasteiger partial charge in [0.2, 0.25) is 10.9 Å². The first-order valence-corrected chi connectivity index (χ1v) is 12.0. The maximum absolute atomic E-state index is 12.7. The van der Waals surface area contributed by atoms with Crippen LogP contribution in [0.3, 0.4) is 0 Å². The Morgan fingerprint density at radius 3 is 2.55 bits per heavy atom. The molecule has 1 atom stereocenters. The molecule has 0 N–H and O–H groups in total. The molecule has 0 saturated carbocycles. The van der Waals surface area contributed by atoms with E-state index in [4.69, 9.17) is 21.1 Å². The van der Waals surface area contributed by atoms with Gasteiger partial charge in [-0.2, -0.15) is 0 Å². The summed E-state index contributed by atoms with van der Waals surface area (Å²) in [6, 6.07) is 3.71. The SMILES string of the molecule is CN(C(=O)OC(C)(C)C)C(=O)c1ccc(N(C2CCCC=C2CCOC=O)[SH](=O)=O)c(Cl)c1. The molecule has 0 aromatic heterocycles. The van der Waals surface area contributed by atoms with Crippen molar-refractivity contribution in [3.8, 4) is 0 Å². The van der Waals surface area contributed by atoms with E-state index in [1.165, 1.54) is 29.6 Å². The quantitative estimate of drug-likeness (QED) is 0.250. The first kappa shape index (κ1) is 26.7. The minimum atomic E-state index is -3.06. The van der Waals surface area contributed by atoms with Crippen molar-refractivity contribution in [3.05, 3.63) is 40.4 Å². The molecule has 33 heavy (non-hydrogen) atoms. The average molecular weight is 501 g/mol. The van der Waals surface area contributed by atoms with Crippen molar-refractivity contribution in [2.24, 2.45) is 0 Å². The fourth-order valence-corrected chi connectivity index (χ4v) is 4.67. The lowest BCUT2D eigenvalue weighted by Crippen LogP contribution is -2.38. The van der Waals surface area contributed by atoms with Crippen molar-refractivity contribution in [2.75, 3.05) is 18.0 Å². The van der Waals surface area contributed by atoms with Gasteiger partial charge in [0.15, 0.2) is 0 Å². The number of carbonyl (C=O) groups is 3. The summed E-state index contributed by atoms with van der Waals surface area (Å²) in [7, 11) is -1.77. The Morgan fingerprint density at radius 2 is 1.97 bits per heavy atom. The summed E-state index contributed by atoms with van der Waals surface area (Å²) in [4.78, 5) is 36.2. The van der Waals surface area contributed by atoms with E-state index >= 15 is 0 Å². The standard InChI is InChI=1S/C22H29ClN2O7S/c1-22(2,3)32-21(28)24(4)20(27)16-9-10-19(17(23)13-16)25(33(29)30)18-8-6-5-7-15(18)11-12-31-14-26/h7,9-10,13-14,18,33H,5-6,8,11-12H2,1-4H3. The Hall–Kier alpha value is -2.59. The summed E-state index contributed by atoms with van der Waals surface area (Å²) in [5.74, 6) is -0.639. The highest BCUT2D eigenvalue weighted by atomic mass is 35.5. The fraction of sp³-hybridized carbons (Fsp3) is 0.500. The monoisotopic (exact) mass is 500 g/mol. The summed E-state index contributed by atoms with van der Waals surface area (Å²) in [6.45, 7) is 5.56. The van der Waals surface area contributed by atoms with Gasteiger partial charge in [-0.3, -0.25) is 13.9 Å². The molecule has 1 aliphatic rings. The molecule has 9 nitrogen and oxygen atoms in total. The molecule has 11 heteroatoms. The molecule has 0 saturated heterocycles. The van der Waals surface area contributed by atoms with Gasteiger partial charge in [-0.05, 0) is 63.8 Å². The molecule has 0 heterocycles. The van der Waals surface area contributed by atoms with Gasteiger partial charge in [-0.1, -0.05) is 17.7 Å². The van der Waals surface area contributed by atoms with Crippen LogP contribution in [0.1, 0.15) is 56.8 Å². The molecule has 2 amide bonds. The first-order valence-electron chi connectivity index (χ1n) is 10.4. The van der Waals surface area contributed by atoms with E-state index in [-0.39, 0.29) is 22.9 Å². The number of rotatable bonds is 8. The third-order valence-electron chi connectivity index (χ3n) is 4.98. The number of benzene rings is 1. The minimum absolute atomic E-state index is 0.0479. The van der Waals surface area contributed by atoms with Crippen LogP contribution in [0.2, 0.25) is 5.02 Å². The van der Waals surface area contributed by atoms with Crippen molar-refractivity contribution in [2.45, 2.75) is 58.1 Å². The third-order valence-corrected chi connectivity index (χ3v) is 6.13. The average Bonchev–Trinajstić information content (AvgIpc) is 2.73. The zero-order valence-corrected chi connectivity index (χ0v) is 20.7. The number of allylic oxidation sites excluding steroid dienone is 1. The van der Waals surface area contributed by atoms with Gasteiger partial charge in [0.1, 0.15) is 5.60 Å². The van der Waals surface area contributed by atoms with Gasteiger partial charge < -0.3 is 9.47 Å². The highest BCUT2D eigenvalue weighted by molar-refractivity contribution is 7.74. The molecule has 1 unspecified atom stereocenters. The van der Waals surface area contributed by atoms with Crippen LogP contribution in [0.15, 0.2) is 29.8 Å². The number of halogens is 1. The Kier molecular flexibility index (Phi) is 9.30. The van der Waals surface area contributed by atoms with Crippen molar-refractivity contribution < 1.29 is 32.3 Å². The van der Waals surface area contributed by atoms with Crippen LogP contribution in [0.5, 0.6) is 0 Å². The van der Waals surface area contributed by atoms with Gasteiger partial charge in [0, 0.05) is 19.0 Å². The van der Waals surface area contributed by atoms with E-state index in [9.17, 15) is 22.8 Å². The van der Waals surface area contributed by atoms with E-state index in [1.807, 2.05) is 6.08 Å². The van der Waals surface area contributed by atoms with Crippen LogP contribution in [0.25, 0.3) is 0 Å². The smallest absolute Gasteiger partial charge is 0.417 e. The molecule has 0 radical (unpaired) electrons. The second-order valence-corrected chi connectivity index (χ2v) is 9.85. The lowest BCUT2D eigenvalue weighted by molar-refractivity contribution is -0.128. The van der Waals surface area contributed by atoms with E-state index in [2.05, 4.69) is 0 Å². The number of carbonyl (C=O) groups excluding carboxylic acids is 3. The van der Waals surface area contributed by atoms with Gasteiger partial charge in [-0.25, -0.2) is 18.1 Å². The normalized spacial score (nSPS) is 16.1. The molecule has 1 aromatic rings. The minimum Gasteiger partial charge on any atom is -0.468 e. The predicted octanol–water partition coefficient (Wildman–Crippen LogP) is 3.72. The first-order chi connectivity index (χ1) is 15.5. The van der Waals surface area contributed by atoms with Crippen molar-refractivity contribution in [1.82, 2.24) is 4.90 Å². The van der Waals surface area contributed by atoms with Gasteiger partial charge in [0.25, 0.3) is 12.4 Å². The fourth-order valence-electron chi connectivity index (χ4n) is 3.50. The number of anilines is 1. The molecule has 0 spiro atoms. The van der Waals surface area contributed by atoms with Crippen LogP contribution in [0, 0.1) is 0 Å². The Morgan fingerprint density at radius 1 is 1.27 bits per heavy atom. The molecule has 0 bridgehead atoms. The second-order valence-electron chi connectivity index (χ2n) is 8.54. The van der Waals surface area contributed by atoms with Crippen LogP contribution < -0.4 is 4.31 Å². The molecule has 2 rings (SSSR count). The molecule has 1 aromatic carbocycles. The number of hydrogen-bond acceptors (Lipinski definition) is 7. The summed E-state index contributed by atoms with van der Waals surface area (Å²) >= 11 is 6.41. The van der Waals surface area contributed by atoms with Gasteiger partial charge in [-0.15, -0.1) is 0 Å². The van der Waals surface area contributed by atoms with E-state index in [0.717, 1.165) is 23.3 Å². The molecular weight excluding hydrogens is 472 g/mol. The zero-order chi connectivity index (χ0) is 24.8. The van der Waals surface area contributed by atoms with Crippen LogP contribution >= 0.6 is 11.6 Å². The number of thiol groups is 1. The topological polar surface area (TPSA) is 110 Å². The van der Waals surface area contributed by atoms with E-state index in [0.29, 0.717) is 19.3 Å². The number of hydrogen-bond donors (Lipinski definition) is 1. The zero-order valence-electron chi connectivity index (χ0n) is 19.1. The van der Waals surface area contributed by atoms with E-state index in [1.54, 1.807) is 20.8 Å². The number of imide groups is 1. The largest absolute Gasteiger partial charge is 0.468 e. The lowest BCUT2D eigenvalue weighted by atomic mass is 9.91. The van der Waals surface area contributed by atoms with Crippen LogP contribution in [-0.2, 0) is 25.2 Å². The maximum Gasteiger partial charge on any atom is 0.417 e. The van der Waals surface area contributed by atoms with Crippen LogP contribution in [-0.4, -0.2) is 57.1 Å². The summed E-state index contributed by atoms with van der Waals surface area (Å²) in [6.07, 6.45) is 3.71. The van der Waals surface area contributed by atoms with Crippen LogP contribution in [0.4, 0.5) is 10.5 Å². The lowest BCUT2D eigenvalue weighted by Gasteiger charge is -2.33. The predicted molar refractivity (Wildman–Crippen MR) is 125 cm³/mol. The second kappa shape index (κ2) is 11.5. The molecule has 1 aliphatic carbocycles. The molecule has 182 valence electrons. The Bertz CT molecular complexity index is 993. The van der Waals surface area contributed by atoms with Crippen molar-refractivity contribution in [3.63, 3.8) is 0 Å². The van der Waals surface area contributed by atoms with Crippen molar-refractivity contribution >= 4 is 46.7 Å². The molecule has 0 aliphatic heterocycles. The highest BCUT2D eigenvalue weighted by Gasteiger charge is 2.30. The van der Waals surface area contributed by atoms with Crippen molar-refractivity contribution in [1.29, 1.82) is 0 Å². The third kappa shape index (κ3) is 7.20. The summed E-state index contributed by atoms with van der Waals surface area (Å²) < 4.78 is 35.6. The number of nitrogens with zero attached hydrogens (tertiary/aromatic N) is 2. The Labute approximate surface area is 200 Å². The van der Waals surface area contributed by atoms with Gasteiger partial charge >= 0.3 is 6.09 Å². The number of amides is 2. The molecule has 0 fully saturated rings. The maximum atomic E-state index is 12.7. The summed E-state index contributed by atoms with van der Waals surface area (Å²) in [5.41, 5.74) is 0.396. The van der Waals surface area contributed by atoms with E-state index < -0.39 is 34.5 Å². The van der Waals surface area contributed by atoms with Gasteiger partial charge in [0.05, 0.1) is 23.4 Å². The molecular formula is C22H29ClN2O7S. The summed E-state index contributed by atoms with van der Waals surface area (Å²) in [5, 5.41) is 0.0479.